The highest BCUT2D eigenvalue weighted by Gasteiger charge is 2.20. The molecule has 0 atom stereocenters. The normalized spacial score (nSPS) is 11.1. The average Bonchev–Trinajstić information content (AvgIpc) is 3.11. The zero-order valence-corrected chi connectivity index (χ0v) is 16.3. The van der Waals surface area contributed by atoms with Crippen molar-refractivity contribution in [1.29, 1.82) is 0 Å². The lowest BCUT2D eigenvalue weighted by Gasteiger charge is -2.11. The quantitative estimate of drug-likeness (QED) is 0.553. The molecule has 142 valence electrons. The minimum Gasteiger partial charge on any atom is -0.497 e. The third-order valence-electron chi connectivity index (χ3n) is 5.08. The molecule has 0 aliphatic heterocycles. The van der Waals surface area contributed by atoms with Crippen LogP contribution in [0.5, 0.6) is 5.75 Å². The van der Waals surface area contributed by atoms with Crippen LogP contribution in [-0.4, -0.2) is 20.8 Å². The van der Waals surface area contributed by atoms with Gasteiger partial charge in [0, 0.05) is 26.0 Å². The van der Waals surface area contributed by atoms with E-state index in [0.717, 1.165) is 32.8 Å². The summed E-state index contributed by atoms with van der Waals surface area (Å²) >= 11 is 0. The van der Waals surface area contributed by atoms with E-state index < -0.39 is 0 Å². The fourth-order valence-electron chi connectivity index (χ4n) is 3.55. The van der Waals surface area contributed by atoms with Gasteiger partial charge in [-0.2, -0.15) is 0 Å². The molecule has 6 nitrogen and oxygen atoms in total. The molecule has 4 rings (SSSR count). The van der Waals surface area contributed by atoms with Gasteiger partial charge in [0.25, 0.3) is 5.56 Å². The van der Waals surface area contributed by atoms with Gasteiger partial charge in [-0.3, -0.25) is 13.9 Å². The van der Waals surface area contributed by atoms with E-state index in [4.69, 9.17) is 4.74 Å². The van der Waals surface area contributed by atoms with Crippen molar-refractivity contribution in [2.24, 2.45) is 14.1 Å². The smallest absolute Gasteiger partial charge is 0.330 e. The molecule has 0 aliphatic carbocycles. The van der Waals surface area contributed by atoms with Crippen molar-refractivity contribution in [2.45, 2.75) is 6.92 Å². The first-order chi connectivity index (χ1) is 13.4. The van der Waals surface area contributed by atoms with Crippen LogP contribution in [0.1, 0.15) is 5.56 Å². The van der Waals surface area contributed by atoms with Crippen LogP contribution in [0, 0.1) is 6.92 Å². The van der Waals surface area contributed by atoms with Crippen LogP contribution < -0.4 is 16.0 Å². The van der Waals surface area contributed by atoms with Gasteiger partial charge in [0.2, 0.25) is 0 Å². The van der Waals surface area contributed by atoms with E-state index in [1.807, 2.05) is 60.2 Å². The molecule has 4 aromatic rings. The van der Waals surface area contributed by atoms with Gasteiger partial charge in [-0.1, -0.05) is 12.1 Å². The summed E-state index contributed by atoms with van der Waals surface area (Å²) in [5.74, 6) is 0.738. The third-order valence-corrected chi connectivity index (χ3v) is 5.08. The van der Waals surface area contributed by atoms with Gasteiger partial charge in [0.15, 0.2) is 0 Å². The second-order valence-corrected chi connectivity index (χ2v) is 6.88. The van der Waals surface area contributed by atoms with Crippen molar-refractivity contribution in [3.8, 4) is 22.7 Å². The van der Waals surface area contributed by atoms with Crippen LogP contribution in [0.4, 0.5) is 0 Å². The number of fused-ring (bicyclic) bond motifs is 1. The standard InChI is InChI=1S/C22H21N3O3/c1-14-6-5-7-16(12-14)25-13-18-19(21(26)24(3)22(27)23(18)2)20(25)15-8-10-17(28-4)11-9-15/h5-13H,1-4H3. The van der Waals surface area contributed by atoms with Gasteiger partial charge in [0.1, 0.15) is 5.75 Å². The van der Waals surface area contributed by atoms with E-state index in [1.165, 1.54) is 11.6 Å². The Morgan fingerprint density at radius 1 is 0.929 bits per heavy atom. The lowest BCUT2D eigenvalue weighted by atomic mass is 10.1. The Morgan fingerprint density at radius 3 is 2.29 bits per heavy atom. The molecule has 0 saturated carbocycles. The number of rotatable bonds is 3. The molecule has 2 aromatic carbocycles. The summed E-state index contributed by atoms with van der Waals surface area (Å²) in [4.78, 5) is 25.5. The molecule has 6 heteroatoms. The largest absolute Gasteiger partial charge is 0.497 e. The number of hydrogen-bond acceptors (Lipinski definition) is 3. The van der Waals surface area contributed by atoms with Crippen LogP contribution in [0.25, 0.3) is 27.8 Å². The lowest BCUT2D eigenvalue weighted by Crippen LogP contribution is -2.36. The van der Waals surface area contributed by atoms with Crippen LogP contribution in [0.15, 0.2) is 64.3 Å². The highest BCUT2D eigenvalue weighted by atomic mass is 16.5. The maximum absolute atomic E-state index is 13.0. The SMILES string of the molecule is COc1ccc(-c2c3c(=O)n(C)c(=O)n(C)c3cn2-c2cccc(C)c2)cc1. The Hall–Kier alpha value is -3.54. The average molecular weight is 375 g/mol. The van der Waals surface area contributed by atoms with Gasteiger partial charge >= 0.3 is 5.69 Å². The zero-order chi connectivity index (χ0) is 20.0. The molecule has 0 aliphatic rings. The molecule has 2 aromatic heterocycles. The van der Waals surface area contributed by atoms with E-state index in [-0.39, 0.29) is 11.2 Å². The third kappa shape index (κ3) is 2.65. The monoisotopic (exact) mass is 375 g/mol. The van der Waals surface area contributed by atoms with Gasteiger partial charge < -0.3 is 9.30 Å². The van der Waals surface area contributed by atoms with Crippen molar-refractivity contribution < 1.29 is 4.74 Å². The van der Waals surface area contributed by atoms with E-state index in [0.29, 0.717) is 10.9 Å². The molecule has 0 bridgehead atoms. The topological polar surface area (TPSA) is 58.2 Å². The number of aromatic nitrogens is 3. The maximum Gasteiger partial charge on any atom is 0.330 e. The van der Waals surface area contributed by atoms with Gasteiger partial charge in [0.05, 0.1) is 23.7 Å². The molecule has 0 amide bonds. The second kappa shape index (κ2) is 6.56. The van der Waals surface area contributed by atoms with Crippen LogP contribution in [0.3, 0.4) is 0 Å². The number of ether oxygens (including phenoxy) is 1. The van der Waals surface area contributed by atoms with Crippen molar-refractivity contribution in [3.63, 3.8) is 0 Å². The summed E-state index contributed by atoms with van der Waals surface area (Å²) in [6.07, 6.45) is 1.85. The molecule has 0 saturated heterocycles. The predicted octanol–water partition coefficient (Wildman–Crippen LogP) is 3.01. The predicted molar refractivity (Wildman–Crippen MR) is 110 cm³/mol. The molecule has 28 heavy (non-hydrogen) atoms. The summed E-state index contributed by atoms with van der Waals surface area (Å²) in [7, 11) is 4.81. The van der Waals surface area contributed by atoms with Gasteiger partial charge in [-0.15, -0.1) is 0 Å². The Labute approximate surface area is 161 Å². The van der Waals surface area contributed by atoms with E-state index in [2.05, 4.69) is 6.07 Å². The van der Waals surface area contributed by atoms with Crippen molar-refractivity contribution in [2.75, 3.05) is 7.11 Å². The summed E-state index contributed by atoms with van der Waals surface area (Å²) in [5, 5.41) is 0.510. The summed E-state index contributed by atoms with van der Waals surface area (Å²) in [5.41, 5.74) is 3.60. The minimum absolute atomic E-state index is 0.310. The summed E-state index contributed by atoms with van der Waals surface area (Å²) < 4.78 is 9.90. The number of benzene rings is 2. The first-order valence-electron chi connectivity index (χ1n) is 8.95. The van der Waals surface area contributed by atoms with Crippen LogP contribution in [-0.2, 0) is 14.1 Å². The first-order valence-corrected chi connectivity index (χ1v) is 8.95. The minimum atomic E-state index is -0.347. The highest BCUT2D eigenvalue weighted by Crippen LogP contribution is 2.32. The molecular formula is C22H21N3O3. The van der Waals surface area contributed by atoms with Gasteiger partial charge in [-0.05, 0) is 54.4 Å². The lowest BCUT2D eigenvalue weighted by molar-refractivity contribution is 0.415. The molecule has 0 unspecified atom stereocenters. The van der Waals surface area contributed by atoms with Crippen molar-refractivity contribution in [1.82, 2.24) is 13.7 Å². The number of aryl methyl sites for hydroxylation is 2. The molecule has 0 N–H and O–H groups in total. The number of nitrogens with zero attached hydrogens (tertiary/aromatic N) is 3. The second-order valence-electron chi connectivity index (χ2n) is 6.88. The van der Waals surface area contributed by atoms with Crippen LogP contribution in [0.2, 0.25) is 0 Å². The highest BCUT2D eigenvalue weighted by molar-refractivity contribution is 5.94. The fourth-order valence-corrected chi connectivity index (χ4v) is 3.55. The first kappa shape index (κ1) is 17.9. The Bertz CT molecular complexity index is 1310. The van der Waals surface area contributed by atoms with Gasteiger partial charge in [-0.25, -0.2) is 4.79 Å². The fraction of sp³-hybridized carbons (Fsp3) is 0.182. The summed E-state index contributed by atoms with van der Waals surface area (Å²) in [6, 6.07) is 15.6. The molecular weight excluding hydrogens is 354 g/mol. The number of hydrogen-bond donors (Lipinski definition) is 0. The molecule has 2 heterocycles. The van der Waals surface area contributed by atoms with Crippen molar-refractivity contribution >= 4 is 10.9 Å². The maximum atomic E-state index is 13.0. The van der Waals surface area contributed by atoms with Crippen LogP contribution >= 0.6 is 0 Å². The van der Waals surface area contributed by atoms with E-state index in [9.17, 15) is 9.59 Å². The Kier molecular flexibility index (Phi) is 4.19. The van der Waals surface area contributed by atoms with Crippen molar-refractivity contribution in [3.05, 3.63) is 81.1 Å². The molecule has 0 fully saturated rings. The van der Waals surface area contributed by atoms with E-state index in [1.54, 1.807) is 14.2 Å². The Balaban J connectivity index is 2.16. The molecule has 0 radical (unpaired) electrons. The van der Waals surface area contributed by atoms with E-state index >= 15 is 0 Å². The zero-order valence-electron chi connectivity index (χ0n) is 16.3. The number of methoxy groups -OCH3 is 1. The molecule has 0 spiro atoms. The summed E-state index contributed by atoms with van der Waals surface area (Å²) in [6.45, 7) is 2.02. The Morgan fingerprint density at radius 2 is 1.64 bits per heavy atom.